The minimum Gasteiger partial charge on any atom is -0.465 e. The first-order valence-electron chi connectivity index (χ1n) is 7.79. The van der Waals surface area contributed by atoms with Gasteiger partial charge in [0.2, 0.25) is 0 Å². The molecule has 3 N–H and O–H groups in total. The lowest BCUT2D eigenvalue weighted by Crippen LogP contribution is -2.42. The average Bonchev–Trinajstić information content (AvgIpc) is 3.19. The fraction of sp³-hybridized carbons (Fsp3) is 0.857. The summed E-state index contributed by atoms with van der Waals surface area (Å²) in [7, 11) is -1.23. The molecule has 3 unspecified atom stereocenters. The minimum atomic E-state index is -1.23. The van der Waals surface area contributed by atoms with Gasteiger partial charge in [-0.1, -0.05) is 31.4 Å². The van der Waals surface area contributed by atoms with Gasteiger partial charge in [-0.2, -0.15) is 0 Å². The highest BCUT2D eigenvalue weighted by atomic mass is 32.2. The third kappa shape index (κ3) is 4.47. The number of fused-ring (bicyclic) bond motifs is 1. The molecule has 0 aromatic heterocycles. The number of ether oxygens (including phenoxy) is 1. The number of carboxylic acid groups (broad SMARTS) is 1. The molecule has 0 bridgehead atoms. The van der Waals surface area contributed by atoms with Crippen LogP contribution in [0.2, 0.25) is 25.7 Å². The van der Waals surface area contributed by atoms with Gasteiger partial charge in [-0.3, -0.25) is 4.99 Å². The van der Waals surface area contributed by atoms with Gasteiger partial charge < -0.3 is 20.1 Å². The summed E-state index contributed by atoms with van der Waals surface area (Å²) in [6, 6.07) is 0.615. The van der Waals surface area contributed by atoms with Crippen LogP contribution in [0.4, 0.5) is 4.79 Å². The van der Waals surface area contributed by atoms with Crippen molar-refractivity contribution in [1.29, 1.82) is 0 Å². The zero-order valence-corrected chi connectivity index (χ0v) is 15.7. The van der Waals surface area contributed by atoms with E-state index in [9.17, 15) is 20.1 Å². The predicted octanol–water partition coefficient (Wildman–Crippen LogP) is 1.49. The van der Waals surface area contributed by atoms with Crippen molar-refractivity contribution in [3.05, 3.63) is 0 Å². The number of aliphatic hydroxyl groups excluding tert-OH is 2. The molecule has 23 heavy (non-hydrogen) atoms. The zero-order chi connectivity index (χ0) is 17.3. The first kappa shape index (κ1) is 18.7. The van der Waals surface area contributed by atoms with Gasteiger partial charge in [-0.15, -0.1) is 0 Å². The summed E-state index contributed by atoms with van der Waals surface area (Å²) in [6.45, 7) is 6.97. The highest BCUT2D eigenvalue weighted by molar-refractivity contribution is 8.15. The molecule has 2 rings (SSSR count). The van der Waals surface area contributed by atoms with Gasteiger partial charge in [-0.25, -0.2) is 9.69 Å². The smallest absolute Gasteiger partial charge is 0.415 e. The topological polar surface area (TPSA) is 103 Å². The zero-order valence-electron chi connectivity index (χ0n) is 13.9. The molecule has 1 aliphatic carbocycles. The molecule has 0 saturated heterocycles. The van der Waals surface area contributed by atoms with Crippen molar-refractivity contribution in [2.24, 2.45) is 10.9 Å². The predicted molar refractivity (Wildman–Crippen MR) is 92.7 cm³/mol. The molecule has 0 aromatic rings. The van der Waals surface area contributed by atoms with E-state index in [-0.39, 0.29) is 31.9 Å². The first-order chi connectivity index (χ1) is 10.7. The molecule has 1 fully saturated rings. The Morgan fingerprint density at radius 2 is 2.17 bits per heavy atom. The second-order valence-electron chi connectivity index (χ2n) is 7.36. The van der Waals surface area contributed by atoms with Crippen LogP contribution in [0.1, 0.15) is 6.42 Å². The van der Waals surface area contributed by atoms with Gasteiger partial charge in [0, 0.05) is 20.6 Å². The number of rotatable bonds is 7. The maximum Gasteiger partial charge on any atom is 0.415 e. The summed E-state index contributed by atoms with van der Waals surface area (Å²) in [5, 5.41) is 28.8. The monoisotopic (exact) mass is 362 g/mol. The molecular weight excluding hydrogens is 336 g/mol. The van der Waals surface area contributed by atoms with Crippen molar-refractivity contribution in [3.8, 4) is 0 Å². The highest BCUT2D eigenvalue weighted by Gasteiger charge is 2.61. The fourth-order valence-corrected chi connectivity index (χ4v) is 4.78. The largest absolute Gasteiger partial charge is 0.465 e. The third-order valence-electron chi connectivity index (χ3n) is 4.25. The number of aliphatic hydroxyl groups is 2. The summed E-state index contributed by atoms with van der Waals surface area (Å²) in [5.74, 6) is 0.120. The van der Waals surface area contributed by atoms with E-state index in [4.69, 9.17) is 4.74 Å². The second-order valence-corrected chi connectivity index (χ2v) is 14.4. The molecule has 132 valence electrons. The van der Waals surface area contributed by atoms with Gasteiger partial charge in [-0.05, 0) is 12.5 Å². The van der Waals surface area contributed by atoms with Crippen molar-refractivity contribution in [2.45, 2.75) is 42.9 Å². The lowest BCUT2D eigenvalue weighted by Gasteiger charge is -2.29. The Labute approximate surface area is 141 Å². The Morgan fingerprint density at radius 1 is 1.48 bits per heavy atom. The summed E-state index contributed by atoms with van der Waals surface area (Å²) in [4.78, 5) is 17.0. The molecule has 1 heterocycles. The van der Waals surface area contributed by atoms with Crippen LogP contribution in [0.5, 0.6) is 0 Å². The average molecular weight is 363 g/mol. The van der Waals surface area contributed by atoms with Crippen LogP contribution < -0.4 is 0 Å². The number of amides is 1. The summed E-state index contributed by atoms with van der Waals surface area (Å²) < 4.78 is 5.14. The van der Waals surface area contributed by atoms with Crippen molar-refractivity contribution < 1.29 is 24.9 Å². The van der Waals surface area contributed by atoms with Gasteiger partial charge in [0.25, 0.3) is 0 Å². The maximum absolute atomic E-state index is 11.5. The second kappa shape index (κ2) is 7.10. The van der Waals surface area contributed by atoms with Crippen molar-refractivity contribution in [1.82, 2.24) is 4.90 Å². The molecule has 2 aliphatic rings. The van der Waals surface area contributed by atoms with E-state index in [0.717, 1.165) is 17.4 Å². The van der Waals surface area contributed by atoms with Crippen LogP contribution in [0.25, 0.3) is 0 Å². The van der Waals surface area contributed by atoms with Crippen LogP contribution in [-0.4, -0.2) is 76.9 Å². The van der Waals surface area contributed by atoms with Gasteiger partial charge >= 0.3 is 6.09 Å². The molecule has 0 radical (unpaired) electrons. The fourth-order valence-electron chi connectivity index (χ4n) is 2.59. The molecule has 1 aliphatic heterocycles. The van der Waals surface area contributed by atoms with E-state index in [0.29, 0.717) is 11.8 Å². The molecule has 7 nitrogen and oxygen atoms in total. The van der Waals surface area contributed by atoms with Gasteiger partial charge in [0.15, 0.2) is 5.17 Å². The number of amidine groups is 1. The van der Waals surface area contributed by atoms with E-state index in [1.165, 1.54) is 11.8 Å². The van der Waals surface area contributed by atoms with Crippen molar-refractivity contribution in [3.63, 3.8) is 0 Å². The third-order valence-corrected chi connectivity index (χ3v) is 7.47. The number of nitrogens with zero attached hydrogens (tertiary/aromatic N) is 2. The van der Waals surface area contributed by atoms with E-state index < -0.39 is 18.9 Å². The van der Waals surface area contributed by atoms with Crippen LogP contribution in [0, 0.1) is 5.92 Å². The Balaban J connectivity index is 2.00. The number of hydrogen-bond acceptors (Lipinski definition) is 6. The number of thioether (sulfide) groups is 1. The highest BCUT2D eigenvalue weighted by Crippen LogP contribution is 2.59. The van der Waals surface area contributed by atoms with Crippen LogP contribution in [0.15, 0.2) is 4.99 Å². The Morgan fingerprint density at radius 3 is 2.70 bits per heavy atom. The van der Waals surface area contributed by atoms with Crippen LogP contribution >= 0.6 is 11.8 Å². The normalized spacial score (nSPS) is 29.7. The van der Waals surface area contributed by atoms with Crippen LogP contribution in [-0.2, 0) is 4.74 Å². The number of hydrogen-bond donors (Lipinski definition) is 3. The lowest BCUT2D eigenvalue weighted by molar-refractivity contribution is 0.0702. The van der Waals surface area contributed by atoms with Gasteiger partial charge in [0.05, 0.1) is 24.0 Å². The Hall–Kier alpha value is -0.613. The van der Waals surface area contributed by atoms with E-state index in [1.807, 2.05) is 0 Å². The molecule has 1 amide bonds. The molecule has 3 atom stereocenters. The first-order valence-corrected chi connectivity index (χ1v) is 12.3. The molecule has 0 aromatic carbocycles. The van der Waals surface area contributed by atoms with E-state index >= 15 is 0 Å². The number of carbonyl (C=O) groups is 1. The number of aliphatic imine (C=N–C) groups is 1. The molecule has 1 saturated carbocycles. The molecular formula is C14H26N2O5SSi. The molecule has 0 spiro atoms. The SMILES string of the molecule is C[Si](C)(C)CCOCN(C(=O)O)C1=NC(CO)C2CC2(CO)S1. The van der Waals surface area contributed by atoms with E-state index in [2.05, 4.69) is 24.6 Å². The van der Waals surface area contributed by atoms with Crippen LogP contribution in [0.3, 0.4) is 0 Å². The van der Waals surface area contributed by atoms with Crippen molar-refractivity contribution >= 4 is 31.1 Å². The van der Waals surface area contributed by atoms with Gasteiger partial charge in [0.1, 0.15) is 6.73 Å². The van der Waals surface area contributed by atoms with Crippen molar-refractivity contribution in [2.75, 3.05) is 26.6 Å². The quantitative estimate of drug-likeness (QED) is 0.360. The maximum atomic E-state index is 11.5. The molecule has 9 heteroatoms. The summed E-state index contributed by atoms with van der Waals surface area (Å²) in [6.07, 6.45) is -0.385. The lowest BCUT2D eigenvalue weighted by atomic mass is 10.1. The Kier molecular flexibility index (Phi) is 5.78. The summed E-state index contributed by atoms with van der Waals surface area (Å²) >= 11 is 1.29. The standard InChI is InChI=1S/C14H26N2O5SSi/c1-23(2,3)5-4-21-9-16(13(19)20)12-15-11(7-17)10-6-14(10,8-18)22-12/h10-11,17-18H,4-9H2,1-3H3,(H,19,20). The summed E-state index contributed by atoms with van der Waals surface area (Å²) in [5.41, 5.74) is 0. The Bertz CT molecular complexity index is 484. The minimum absolute atomic E-state index is 0.0399. The van der Waals surface area contributed by atoms with E-state index in [1.54, 1.807) is 0 Å².